The highest BCUT2D eigenvalue weighted by Crippen LogP contribution is 2.74. The number of carbonyl (C=O) groups excluding carboxylic acids is 4. The quantitative estimate of drug-likeness (QED) is 0.329. The number of hydrogen-bond acceptors (Lipinski definition) is 7. The molecule has 0 amide bonds. The van der Waals surface area contributed by atoms with Crippen molar-refractivity contribution in [3.8, 4) is 6.07 Å². The van der Waals surface area contributed by atoms with Crippen molar-refractivity contribution in [1.29, 1.82) is 5.26 Å². The molecular weight excluding hydrogens is 506 g/mol. The van der Waals surface area contributed by atoms with Crippen LogP contribution in [0.5, 0.6) is 0 Å². The molecule has 3 saturated carbocycles. The fraction of sp³-hybridized carbons (Fsp3) is 0.727. The molecule has 0 saturated heterocycles. The molecule has 5 rings (SSSR count). The van der Waals surface area contributed by atoms with Crippen LogP contribution in [0.4, 0.5) is 0 Å². The van der Waals surface area contributed by atoms with Gasteiger partial charge in [0.05, 0.1) is 25.2 Å². The van der Waals surface area contributed by atoms with Crippen LogP contribution >= 0.6 is 0 Å². The van der Waals surface area contributed by atoms with Crippen LogP contribution < -0.4 is 0 Å². The predicted molar refractivity (Wildman–Crippen MR) is 147 cm³/mol. The van der Waals surface area contributed by atoms with Crippen molar-refractivity contribution in [2.24, 2.45) is 50.2 Å². The highest BCUT2D eigenvalue weighted by Gasteiger charge is 2.72. The number of methoxy groups -OCH3 is 2. The fourth-order valence-corrected chi connectivity index (χ4v) is 10.3. The van der Waals surface area contributed by atoms with Crippen molar-refractivity contribution < 1.29 is 28.7 Å². The summed E-state index contributed by atoms with van der Waals surface area (Å²) in [7, 11) is 2.72. The van der Waals surface area contributed by atoms with Gasteiger partial charge >= 0.3 is 11.9 Å². The molecular formula is C33H43NO6. The second-order valence-corrected chi connectivity index (χ2v) is 14.9. The Morgan fingerprint density at radius 1 is 0.925 bits per heavy atom. The molecule has 0 heterocycles. The van der Waals surface area contributed by atoms with Gasteiger partial charge < -0.3 is 9.47 Å². The first kappa shape index (κ1) is 28.8. The standard InChI is InChI=1S/C33H43NO6/c1-28(2)11-13-33(27(38)40-8)14-12-31(5)24(20(33)17-28)21(35)15-23-29(3)16-19(18-34)25(36)32(6,26(37)39-7)22(29)9-10-30(23,31)4/h15-16,20,22,24H,9-14,17H2,1-8H3/t20-,22+,24-,29-,30+,31+,32-,33-/m0/s1. The first-order chi connectivity index (χ1) is 18.5. The second kappa shape index (κ2) is 8.63. The van der Waals surface area contributed by atoms with Crippen molar-refractivity contribution in [3.05, 3.63) is 23.3 Å². The number of fused-ring (bicyclic) bond motifs is 7. The summed E-state index contributed by atoms with van der Waals surface area (Å²) < 4.78 is 10.5. The normalized spacial score (nSPS) is 45.3. The Morgan fingerprint density at radius 3 is 2.15 bits per heavy atom. The molecule has 5 aliphatic carbocycles. The Bertz CT molecular complexity index is 1320. The lowest BCUT2D eigenvalue weighted by atomic mass is 9.34. The molecule has 0 radical (unpaired) electrons. The van der Waals surface area contributed by atoms with E-state index in [0.717, 1.165) is 24.8 Å². The number of hydrogen-bond donors (Lipinski definition) is 0. The molecule has 0 aliphatic heterocycles. The maximum Gasteiger partial charge on any atom is 0.319 e. The van der Waals surface area contributed by atoms with Crippen LogP contribution in [0, 0.1) is 61.6 Å². The molecule has 0 unspecified atom stereocenters. The lowest BCUT2D eigenvalue weighted by Crippen LogP contribution is -2.66. The molecule has 0 N–H and O–H groups in total. The van der Waals surface area contributed by atoms with Gasteiger partial charge in [-0.05, 0) is 86.0 Å². The van der Waals surface area contributed by atoms with Gasteiger partial charge in [-0.1, -0.05) is 46.3 Å². The van der Waals surface area contributed by atoms with E-state index in [-0.39, 0.29) is 34.6 Å². The lowest BCUT2D eigenvalue weighted by molar-refractivity contribution is -0.191. The van der Waals surface area contributed by atoms with E-state index in [2.05, 4.69) is 27.7 Å². The molecule has 216 valence electrons. The van der Waals surface area contributed by atoms with Crippen LogP contribution in [-0.2, 0) is 28.7 Å². The Hall–Kier alpha value is -2.75. The molecule has 5 aliphatic rings. The van der Waals surface area contributed by atoms with E-state index < -0.39 is 44.7 Å². The van der Waals surface area contributed by atoms with Crippen molar-refractivity contribution in [2.45, 2.75) is 86.5 Å². The summed E-state index contributed by atoms with van der Waals surface area (Å²) in [6.07, 6.45) is 8.53. The van der Waals surface area contributed by atoms with E-state index in [4.69, 9.17) is 9.47 Å². The van der Waals surface area contributed by atoms with Gasteiger partial charge in [0, 0.05) is 11.3 Å². The van der Waals surface area contributed by atoms with E-state index in [0.29, 0.717) is 25.7 Å². The molecule has 0 bridgehead atoms. The van der Waals surface area contributed by atoms with Gasteiger partial charge in [0.1, 0.15) is 11.5 Å². The van der Waals surface area contributed by atoms with Crippen LogP contribution in [0.2, 0.25) is 0 Å². The third-order valence-corrected chi connectivity index (χ3v) is 12.8. The number of esters is 2. The minimum absolute atomic E-state index is 0.00570. The van der Waals surface area contributed by atoms with Crippen LogP contribution in [0.1, 0.15) is 86.5 Å². The zero-order chi connectivity index (χ0) is 29.7. The zero-order valence-corrected chi connectivity index (χ0v) is 25.2. The van der Waals surface area contributed by atoms with Gasteiger partial charge in [-0.2, -0.15) is 5.26 Å². The fourth-order valence-electron chi connectivity index (χ4n) is 10.3. The molecule has 3 fully saturated rings. The number of ketones is 2. The van der Waals surface area contributed by atoms with E-state index in [1.807, 2.05) is 13.0 Å². The number of ether oxygens (including phenoxy) is 2. The average Bonchev–Trinajstić information content (AvgIpc) is 2.90. The van der Waals surface area contributed by atoms with E-state index >= 15 is 0 Å². The first-order valence-electron chi connectivity index (χ1n) is 14.6. The van der Waals surface area contributed by atoms with Crippen LogP contribution in [0.25, 0.3) is 0 Å². The van der Waals surface area contributed by atoms with Gasteiger partial charge in [-0.3, -0.25) is 19.2 Å². The Kier molecular flexibility index (Phi) is 6.21. The molecule has 0 aromatic carbocycles. The third kappa shape index (κ3) is 3.28. The molecule has 0 aromatic rings. The van der Waals surface area contributed by atoms with Gasteiger partial charge in [0.2, 0.25) is 0 Å². The third-order valence-electron chi connectivity index (χ3n) is 12.8. The lowest BCUT2D eigenvalue weighted by Gasteiger charge is -2.68. The Balaban J connectivity index is 1.72. The van der Waals surface area contributed by atoms with Crippen molar-refractivity contribution in [1.82, 2.24) is 0 Å². The Morgan fingerprint density at radius 2 is 1.55 bits per heavy atom. The SMILES string of the molecule is COC(=O)[C@]12CCC(C)(C)C[C@H]1[C@H]1C(=O)C=C3[C@@]4(C)C=C(C#N)C(=O)[C@@](C)(C(=O)OC)[C@@H]4CC[C@@]3(C)[C@]1(C)CC2. The zero-order valence-electron chi connectivity index (χ0n) is 25.2. The second-order valence-electron chi connectivity index (χ2n) is 14.9. The highest BCUT2D eigenvalue weighted by molar-refractivity contribution is 6.15. The number of allylic oxidation sites excluding steroid dienone is 4. The summed E-state index contributed by atoms with van der Waals surface area (Å²) in [4.78, 5) is 54.6. The summed E-state index contributed by atoms with van der Waals surface area (Å²) in [6, 6.07) is 2.04. The molecule has 8 atom stereocenters. The summed E-state index contributed by atoms with van der Waals surface area (Å²) in [6.45, 7) is 12.5. The topological polar surface area (TPSA) is 111 Å². The number of carbonyl (C=O) groups is 4. The summed E-state index contributed by atoms with van der Waals surface area (Å²) in [5, 5.41) is 9.96. The minimum Gasteiger partial charge on any atom is -0.469 e. The maximum absolute atomic E-state index is 14.5. The van der Waals surface area contributed by atoms with Crippen LogP contribution in [0.3, 0.4) is 0 Å². The van der Waals surface area contributed by atoms with Crippen molar-refractivity contribution in [3.63, 3.8) is 0 Å². The van der Waals surface area contributed by atoms with Gasteiger partial charge in [0.25, 0.3) is 0 Å². The van der Waals surface area contributed by atoms with E-state index in [9.17, 15) is 24.4 Å². The van der Waals surface area contributed by atoms with Crippen molar-refractivity contribution >= 4 is 23.5 Å². The number of nitriles is 1. The van der Waals surface area contributed by atoms with E-state index in [1.54, 1.807) is 19.1 Å². The summed E-state index contributed by atoms with van der Waals surface area (Å²) in [5.74, 6) is -2.26. The van der Waals surface area contributed by atoms with Crippen LogP contribution in [0.15, 0.2) is 23.3 Å². The maximum atomic E-state index is 14.5. The smallest absolute Gasteiger partial charge is 0.319 e. The number of rotatable bonds is 2. The van der Waals surface area contributed by atoms with Crippen LogP contribution in [-0.4, -0.2) is 37.7 Å². The monoisotopic (exact) mass is 549 g/mol. The molecule has 7 nitrogen and oxygen atoms in total. The average molecular weight is 550 g/mol. The van der Waals surface area contributed by atoms with Gasteiger partial charge in [-0.25, -0.2) is 0 Å². The summed E-state index contributed by atoms with van der Waals surface area (Å²) >= 11 is 0. The number of Topliss-reactive ketones (excluding diaryl/α,β-unsaturated/α-hetero) is 1. The largest absolute Gasteiger partial charge is 0.469 e. The van der Waals surface area contributed by atoms with E-state index in [1.165, 1.54) is 14.2 Å². The number of nitrogens with zero attached hydrogens (tertiary/aromatic N) is 1. The molecule has 7 heteroatoms. The highest BCUT2D eigenvalue weighted by atomic mass is 16.5. The van der Waals surface area contributed by atoms with Gasteiger partial charge in [0.15, 0.2) is 11.6 Å². The molecule has 40 heavy (non-hydrogen) atoms. The first-order valence-corrected chi connectivity index (χ1v) is 14.6. The Labute approximate surface area is 237 Å². The summed E-state index contributed by atoms with van der Waals surface area (Å²) in [5.41, 5.74) is -3.08. The van der Waals surface area contributed by atoms with Crippen molar-refractivity contribution in [2.75, 3.05) is 14.2 Å². The predicted octanol–water partition coefficient (Wildman–Crippen LogP) is 5.53. The van der Waals surface area contributed by atoms with Gasteiger partial charge in [-0.15, -0.1) is 0 Å². The molecule has 0 spiro atoms. The minimum atomic E-state index is -1.52. The molecule has 0 aromatic heterocycles.